The van der Waals surface area contributed by atoms with Gasteiger partial charge in [0.1, 0.15) is 0 Å². The summed E-state index contributed by atoms with van der Waals surface area (Å²) < 4.78 is 10.5. The maximum absolute atomic E-state index is 12.8. The Kier molecular flexibility index (Phi) is 6.47. The van der Waals surface area contributed by atoms with Crippen LogP contribution in [-0.4, -0.2) is 62.0 Å². The zero-order valence-electron chi connectivity index (χ0n) is 16.0. The second kappa shape index (κ2) is 8.83. The number of hydrogen-bond acceptors (Lipinski definition) is 4. The van der Waals surface area contributed by atoms with E-state index in [0.717, 1.165) is 0 Å². The first kappa shape index (κ1) is 19.8. The van der Waals surface area contributed by atoms with Crippen LogP contribution < -0.4 is 9.47 Å². The van der Waals surface area contributed by atoms with E-state index in [1.165, 1.54) is 39.9 Å². The lowest BCUT2D eigenvalue weighted by atomic mass is 10.0. The van der Waals surface area contributed by atoms with Crippen LogP contribution in [0.2, 0.25) is 5.02 Å². The molecule has 1 saturated carbocycles. The van der Waals surface area contributed by atoms with Crippen LogP contribution in [0.15, 0.2) is 12.1 Å². The zero-order valence-corrected chi connectivity index (χ0v) is 16.8. The molecule has 2 amide bonds. The minimum Gasteiger partial charge on any atom is -0.493 e. The largest absolute Gasteiger partial charge is 0.493 e. The maximum Gasteiger partial charge on any atom is 0.254 e. The van der Waals surface area contributed by atoms with Gasteiger partial charge in [0, 0.05) is 38.2 Å². The third kappa shape index (κ3) is 4.49. The molecule has 3 rings (SSSR count). The van der Waals surface area contributed by atoms with Crippen molar-refractivity contribution in [3.05, 3.63) is 22.7 Å². The highest BCUT2D eigenvalue weighted by molar-refractivity contribution is 6.32. The SMILES string of the molecule is COc1cc(C(=O)N2CCN(C(=O)CC3CCCC3)CC2)cc(Cl)c1OC. The maximum atomic E-state index is 12.8. The van der Waals surface area contributed by atoms with Gasteiger partial charge in [-0.25, -0.2) is 0 Å². The first-order valence-electron chi connectivity index (χ1n) is 9.52. The highest BCUT2D eigenvalue weighted by Crippen LogP contribution is 2.36. The molecule has 2 fully saturated rings. The Morgan fingerprint density at radius 1 is 1.04 bits per heavy atom. The fourth-order valence-corrected chi connectivity index (χ4v) is 4.26. The molecule has 1 aromatic carbocycles. The normalized spacial score (nSPS) is 17.9. The van der Waals surface area contributed by atoms with Crippen LogP contribution in [0.4, 0.5) is 0 Å². The number of piperazine rings is 1. The number of hydrogen-bond donors (Lipinski definition) is 0. The smallest absolute Gasteiger partial charge is 0.254 e. The lowest BCUT2D eigenvalue weighted by Crippen LogP contribution is -2.50. The zero-order chi connectivity index (χ0) is 19.4. The molecule has 0 aromatic heterocycles. The molecule has 0 unspecified atom stereocenters. The van der Waals surface area contributed by atoms with Gasteiger partial charge in [-0.05, 0) is 30.9 Å². The van der Waals surface area contributed by atoms with Gasteiger partial charge in [0.2, 0.25) is 5.91 Å². The lowest BCUT2D eigenvalue weighted by Gasteiger charge is -2.35. The van der Waals surface area contributed by atoms with E-state index in [1.54, 1.807) is 17.0 Å². The molecule has 0 atom stereocenters. The third-order valence-electron chi connectivity index (χ3n) is 5.54. The molecule has 1 heterocycles. The predicted molar refractivity (Wildman–Crippen MR) is 104 cm³/mol. The average molecular weight is 395 g/mol. The Morgan fingerprint density at radius 3 is 2.26 bits per heavy atom. The molecule has 0 radical (unpaired) electrons. The number of ether oxygens (including phenoxy) is 2. The summed E-state index contributed by atoms with van der Waals surface area (Å²) in [4.78, 5) is 29.0. The molecule has 1 aliphatic carbocycles. The molecule has 0 spiro atoms. The van der Waals surface area contributed by atoms with Gasteiger partial charge in [-0.2, -0.15) is 0 Å². The Bertz CT molecular complexity index is 695. The molecule has 2 aliphatic rings. The van der Waals surface area contributed by atoms with Crippen molar-refractivity contribution in [1.29, 1.82) is 0 Å². The van der Waals surface area contributed by atoms with Crippen LogP contribution in [0.3, 0.4) is 0 Å². The van der Waals surface area contributed by atoms with E-state index in [2.05, 4.69) is 0 Å². The highest BCUT2D eigenvalue weighted by atomic mass is 35.5. The molecule has 0 N–H and O–H groups in total. The van der Waals surface area contributed by atoms with E-state index in [-0.39, 0.29) is 11.8 Å². The molecule has 1 aromatic rings. The standard InChI is InChI=1S/C20H27ClN2O4/c1-26-17-13-15(12-16(21)19(17)27-2)20(25)23-9-7-22(8-10-23)18(24)11-14-5-3-4-6-14/h12-14H,3-11H2,1-2H3. The van der Waals surface area contributed by atoms with Gasteiger partial charge in [-0.15, -0.1) is 0 Å². The molecular weight excluding hydrogens is 368 g/mol. The van der Waals surface area contributed by atoms with E-state index >= 15 is 0 Å². The van der Waals surface area contributed by atoms with Crippen LogP contribution in [0.25, 0.3) is 0 Å². The average Bonchev–Trinajstić information content (AvgIpc) is 3.19. The fraction of sp³-hybridized carbons (Fsp3) is 0.600. The summed E-state index contributed by atoms with van der Waals surface area (Å²) in [7, 11) is 3.02. The van der Waals surface area contributed by atoms with Crippen molar-refractivity contribution in [2.45, 2.75) is 32.1 Å². The number of halogens is 1. The van der Waals surface area contributed by atoms with Crippen molar-refractivity contribution in [2.24, 2.45) is 5.92 Å². The van der Waals surface area contributed by atoms with Crippen LogP contribution in [0, 0.1) is 5.92 Å². The number of carbonyl (C=O) groups excluding carboxylic acids is 2. The Hall–Kier alpha value is -1.95. The molecule has 1 aliphatic heterocycles. The monoisotopic (exact) mass is 394 g/mol. The van der Waals surface area contributed by atoms with Crippen molar-refractivity contribution in [3.63, 3.8) is 0 Å². The van der Waals surface area contributed by atoms with Gasteiger partial charge >= 0.3 is 0 Å². The molecule has 0 bridgehead atoms. The predicted octanol–water partition coefficient (Wildman–Crippen LogP) is 3.22. The molecule has 1 saturated heterocycles. The second-order valence-corrected chi connectivity index (χ2v) is 7.63. The van der Waals surface area contributed by atoms with Crippen molar-refractivity contribution < 1.29 is 19.1 Å². The van der Waals surface area contributed by atoms with E-state index in [9.17, 15) is 9.59 Å². The quantitative estimate of drug-likeness (QED) is 0.769. The Labute approximate surface area is 165 Å². The molecule has 7 heteroatoms. The van der Waals surface area contributed by atoms with E-state index < -0.39 is 0 Å². The molecule has 148 valence electrons. The summed E-state index contributed by atoms with van der Waals surface area (Å²) in [6.45, 7) is 2.22. The lowest BCUT2D eigenvalue weighted by molar-refractivity contribution is -0.133. The number of amides is 2. The van der Waals surface area contributed by atoms with Crippen LogP contribution in [-0.2, 0) is 4.79 Å². The minimum absolute atomic E-state index is 0.110. The fourth-order valence-electron chi connectivity index (χ4n) is 3.97. The number of nitrogens with zero attached hydrogens (tertiary/aromatic N) is 2. The Balaban J connectivity index is 1.59. The van der Waals surface area contributed by atoms with Crippen LogP contribution >= 0.6 is 11.6 Å². The number of rotatable bonds is 5. The topological polar surface area (TPSA) is 59.1 Å². The number of methoxy groups -OCH3 is 2. The van der Waals surface area contributed by atoms with Gasteiger partial charge in [-0.1, -0.05) is 24.4 Å². The van der Waals surface area contributed by atoms with Crippen LogP contribution in [0.5, 0.6) is 11.5 Å². The van der Waals surface area contributed by atoms with Crippen molar-refractivity contribution in [3.8, 4) is 11.5 Å². The summed E-state index contributed by atoms with van der Waals surface area (Å²) in [5.41, 5.74) is 0.461. The summed E-state index contributed by atoms with van der Waals surface area (Å²) in [5.74, 6) is 1.51. The summed E-state index contributed by atoms with van der Waals surface area (Å²) in [6.07, 6.45) is 5.48. The molecular formula is C20H27ClN2O4. The Morgan fingerprint density at radius 2 is 1.67 bits per heavy atom. The van der Waals surface area contributed by atoms with Crippen LogP contribution in [0.1, 0.15) is 42.5 Å². The van der Waals surface area contributed by atoms with Crippen molar-refractivity contribution in [1.82, 2.24) is 9.80 Å². The van der Waals surface area contributed by atoms with Crippen molar-refractivity contribution >= 4 is 23.4 Å². The number of carbonyl (C=O) groups is 2. The van der Waals surface area contributed by atoms with E-state index in [0.29, 0.717) is 60.6 Å². The van der Waals surface area contributed by atoms with Crippen molar-refractivity contribution in [2.75, 3.05) is 40.4 Å². The molecule has 27 heavy (non-hydrogen) atoms. The minimum atomic E-state index is -0.110. The first-order valence-corrected chi connectivity index (χ1v) is 9.90. The van der Waals surface area contributed by atoms with Gasteiger partial charge in [-0.3, -0.25) is 9.59 Å². The van der Waals surface area contributed by atoms with Gasteiger partial charge < -0.3 is 19.3 Å². The van der Waals surface area contributed by atoms with E-state index in [4.69, 9.17) is 21.1 Å². The first-order chi connectivity index (χ1) is 13.0. The number of benzene rings is 1. The van der Waals surface area contributed by atoms with Gasteiger partial charge in [0.25, 0.3) is 5.91 Å². The molecule has 6 nitrogen and oxygen atoms in total. The highest BCUT2D eigenvalue weighted by Gasteiger charge is 2.28. The van der Waals surface area contributed by atoms with E-state index in [1.807, 2.05) is 4.90 Å². The van der Waals surface area contributed by atoms with Gasteiger partial charge in [0.15, 0.2) is 11.5 Å². The second-order valence-electron chi connectivity index (χ2n) is 7.22. The third-order valence-corrected chi connectivity index (χ3v) is 5.82. The summed E-state index contributed by atoms with van der Waals surface area (Å²) in [5, 5.41) is 0.338. The van der Waals surface area contributed by atoms with Gasteiger partial charge in [0.05, 0.1) is 19.2 Å². The summed E-state index contributed by atoms with van der Waals surface area (Å²) >= 11 is 6.21. The summed E-state index contributed by atoms with van der Waals surface area (Å²) in [6, 6.07) is 3.24.